The van der Waals surface area contributed by atoms with Gasteiger partial charge >= 0.3 is 0 Å². The minimum Gasteiger partial charge on any atom is -0.326 e. The van der Waals surface area contributed by atoms with Gasteiger partial charge in [0.2, 0.25) is 15.9 Å². The molecule has 0 radical (unpaired) electrons. The standard InChI is InChI=1S/C19H30N2O3S/c1-3-17-11-9-10-16(2)19(17)20-18(22)12-5-8-15-25(23,24)21-13-6-4-7-14-21/h9-11H,3-8,12-15H2,1-2H3,(H,20,22). The second-order valence-corrected chi connectivity index (χ2v) is 8.83. The maximum atomic E-state index is 12.3. The monoisotopic (exact) mass is 366 g/mol. The third-order valence-electron chi connectivity index (χ3n) is 4.77. The number of nitrogens with zero attached hydrogens (tertiary/aromatic N) is 1. The Morgan fingerprint density at radius 1 is 1.16 bits per heavy atom. The number of nitrogens with one attached hydrogen (secondary N) is 1. The fraction of sp³-hybridized carbons (Fsp3) is 0.632. The van der Waals surface area contributed by atoms with Gasteiger partial charge in [-0.25, -0.2) is 12.7 Å². The fourth-order valence-electron chi connectivity index (χ4n) is 3.25. The second kappa shape index (κ2) is 9.34. The first-order valence-electron chi connectivity index (χ1n) is 9.30. The first-order chi connectivity index (χ1) is 11.9. The Balaban J connectivity index is 1.77. The van der Waals surface area contributed by atoms with Crippen LogP contribution in [0.4, 0.5) is 5.69 Å². The first-order valence-corrected chi connectivity index (χ1v) is 10.9. The lowest BCUT2D eigenvalue weighted by molar-refractivity contribution is -0.116. The number of aryl methyl sites for hydroxylation is 2. The van der Waals surface area contributed by atoms with Gasteiger partial charge in [0, 0.05) is 25.2 Å². The number of anilines is 1. The Morgan fingerprint density at radius 3 is 2.56 bits per heavy atom. The highest BCUT2D eigenvalue weighted by Gasteiger charge is 2.23. The van der Waals surface area contributed by atoms with Gasteiger partial charge < -0.3 is 5.32 Å². The summed E-state index contributed by atoms with van der Waals surface area (Å²) in [5.41, 5.74) is 3.08. The summed E-state index contributed by atoms with van der Waals surface area (Å²) >= 11 is 0. The smallest absolute Gasteiger partial charge is 0.224 e. The summed E-state index contributed by atoms with van der Waals surface area (Å²) in [6.45, 7) is 5.35. The molecule has 25 heavy (non-hydrogen) atoms. The van der Waals surface area contributed by atoms with Gasteiger partial charge in [0.25, 0.3) is 0 Å². The quantitative estimate of drug-likeness (QED) is 0.716. The molecule has 1 amide bonds. The number of unbranched alkanes of at least 4 members (excludes halogenated alkanes) is 1. The Bertz CT molecular complexity index is 680. The van der Waals surface area contributed by atoms with Crippen molar-refractivity contribution in [1.29, 1.82) is 0 Å². The van der Waals surface area contributed by atoms with Crippen molar-refractivity contribution in [2.75, 3.05) is 24.2 Å². The first kappa shape index (κ1) is 19.9. The van der Waals surface area contributed by atoms with Gasteiger partial charge in [-0.3, -0.25) is 4.79 Å². The number of para-hydroxylation sites is 1. The van der Waals surface area contributed by atoms with Crippen molar-refractivity contribution in [3.05, 3.63) is 29.3 Å². The molecule has 0 aliphatic carbocycles. The third kappa shape index (κ3) is 5.82. The van der Waals surface area contributed by atoms with E-state index in [9.17, 15) is 13.2 Å². The van der Waals surface area contributed by atoms with Crippen LogP contribution in [0, 0.1) is 6.92 Å². The zero-order chi connectivity index (χ0) is 18.3. The summed E-state index contributed by atoms with van der Waals surface area (Å²) < 4.78 is 26.2. The Hall–Kier alpha value is -1.40. The molecule has 1 aliphatic heterocycles. The predicted molar refractivity (Wildman–Crippen MR) is 102 cm³/mol. The van der Waals surface area contributed by atoms with E-state index in [0.717, 1.165) is 42.5 Å². The van der Waals surface area contributed by atoms with Crippen LogP contribution in [0.1, 0.15) is 56.6 Å². The van der Waals surface area contributed by atoms with E-state index in [1.807, 2.05) is 25.1 Å². The average Bonchev–Trinajstić information content (AvgIpc) is 2.61. The summed E-state index contributed by atoms with van der Waals surface area (Å²) in [5, 5.41) is 2.99. The molecular weight excluding hydrogens is 336 g/mol. The van der Waals surface area contributed by atoms with Crippen molar-refractivity contribution in [3.8, 4) is 0 Å². The van der Waals surface area contributed by atoms with E-state index < -0.39 is 10.0 Å². The van der Waals surface area contributed by atoms with Crippen LogP contribution in [0.3, 0.4) is 0 Å². The van der Waals surface area contributed by atoms with Gasteiger partial charge in [-0.2, -0.15) is 0 Å². The van der Waals surface area contributed by atoms with Crippen molar-refractivity contribution in [1.82, 2.24) is 4.31 Å². The van der Waals surface area contributed by atoms with E-state index in [4.69, 9.17) is 0 Å². The van der Waals surface area contributed by atoms with Crippen molar-refractivity contribution in [2.24, 2.45) is 0 Å². The number of piperidine rings is 1. The Kier molecular flexibility index (Phi) is 7.44. The minimum absolute atomic E-state index is 0.0422. The highest BCUT2D eigenvalue weighted by molar-refractivity contribution is 7.89. The van der Waals surface area contributed by atoms with Crippen molar-refractivity contribution >= 4 is 21.6 Å². The number of hydrogen-bond donors (Lipinski definition) is 1. The minimum atomic E-state index is -3.16. The van der Waals surface area contributed by atoms with Gasteiger partial charge in [0.1, 0.15) is 0 Å². The lowest BCUT2D eigenvalue weighted by Gasteiger charge is -2.25. The zero-order valence-corrected chi connectivity index (χ0v) is 16.2. The second-order valence-electron chi connectivity index (χ2n) is 6.74. The fourth-order valence-corrected chi connectivity index (χ4v) is 4.89. The molecule has 6 heteroatoms. The number of carbonyl (C=O) groups excluding carboxylic acids is 1. The SMILES string of the molecule is CCc1cccc(C)c1NC(=O)CCCCS(=O)(=O)N1CCCCC1. The van der Waals surface area contributed by atoms with E-state index >= 15 is 0 Å². The largest absolute Gasteiger partial charge is 0.326 e. The summed E-state index contributed by atoms with van der Waals surface area (Å²) in [4.78, 5) is 12.2. The molecule has 1 fully saturated rings. The molecule has 0 atom stereocenters. The van der Waals surface area contributed by atoms with Gasteiger partial charge in [0.05, 0.1) is 5.75 Å². The molecule has 1 aromatic rings. The van der Waals surface area contributed by atoms with Crippen LogP contribution in [0.5, 0.6) is 0 Å². The summed E-state index contributed by atoms with van der Waals surface area (Å²) in [6.07, 6.45) is 5.37. The molecule has 1 saturated heterocycles. The van der Waals surface area contributed by atoms with Crippen molar-refractivity contribution in [3.63, 3.8) is 0 Å². The highest BCUT2D eigenvalue weighted by atomic mass is 32.2. The molecule has 0 unspecified atom stereocenters. The van der Waals surface area contributed by atoms with Gasteiger partial charge in [-0.15, -0.1) is 0 Å². The normalized spacial score (nSPS) is 15.9. The zero-order valence-electron chi connectivity index (χ0n) is 15.4. The van der Waals surface area contributed by atoms with Crippen molar-refractivity contribution in [2.45, 2.75) is 58.8 Å². The average molecular weight is 367 g/mol. The van der Waals surface area contributed by atoms with E-state index in [1.54, 1.807) is 4.31 Å². The lowest BCUT2D eigenvalue weighted by atomic mass is 10.1. The van der Waals surface area contributed by atoms with E-state index in [1.165, 1.54) is 0 Å². The van der Waals surface area contributed by atoms with Crippen LogP contribution in [0.15, 0.2) is 18.2 Å². The van der Waals surface area contributed by atoms with E-state index in [0.29, 0.717) is 32.4 Å². The molecule has 2 rings (SSSR count). The Labute approximate surface area is 151 Å². The maximum Gasteiger partial charge on any atom is 0.224 e. The third-order valence-corrected chi connectivity index (χ3v) is 6.73. The topological polar surface area (TPSA) is 66.5 Å². The van der Waals surface area contributed by atoms with Crippen LogP contribution in [0.25, 0.3) is 0 Å². The predicted octanol–water partition coefficient (Wildman–Crippen LogP) is 3.48. The molecule has 1 heterocycles. The molecule has 0 bridgehead atoms. The Morgan fingerprint density at radius 2 is 1.88 bits per heavy atom. The van der Waals surface area contributed by atoms with Crippen LogP contribution in [0.2, 0.25) is 0 Å². The van der Waals surface area contributed by atoms with Gasteiger partial charge in [0.15, 0.2) is 0 Å². The van der Waals surface area contributed by atoms with Crippen LogP contribution in [-0.2, 0) is 21.2 Å². The number of hydrogen-bond acceptors (Lipinski definition) is 3. The number of benzene rings is 1. The van der Waals surface area contributed by atoms with E-state index in [-0.39, 0.29) is 11.7 Å². The molecule has 0 spiro atoms. The summed E-state index contributed by atoms with van der Waals surface area (Å²) in [6, 6.07) is 6.00. The summed E-state index contributed by atoms with van der Waals surface area (Å²) in [5.74, 6) is 0.101. The molecule has 5 nitrogen and oxygen atoms in total. The van der Waals surface area contributed by atoms with Crippen LogP contribution >= 0.6 is 0 Å². The molecule has 1 N–H and O–H groups in total. The van der Waals surface area contributed by atoms with Gasteiger partial charge in [-0.1, -0.05) is 31.5 Å². The molecule has 0 aromatic heterocycles. The number of carbonyl (C=O) groups is 1. The lowest BCUT2D eigenvalue weighted by Crippen LogP contribution is -2.37. The highest BCUT2D eigenvalue weighted by Crippen LogP contribution is 2.21. The maximum absolute atomic E-state index is 12.3. The van der Waals surface area contributed by atoms with Crippen molar-refractivity contribution < 1.29 is 13.2 Å². The van der Waals surface area contributed by atoms with Crippen LogP contribution in [-0.4, -0.2) is 37.5 Å². The molecule has 1 aromatic carbocycles. The molecular formula is C19H30N2O3S. The van der Waals surface area contributed by atoms with Crippen LogP contribution < -0.4 is 5.32 Å². The van der Waals surface area contributed by atoms with E-state index in [2.05, 4.69) is 12.2 Å². The molecule has 0 saturated carbocycles. The summed E-state index contributed by atoms with van der Waals surface area (Å²) in [7, 11) is -3.16. The van der Waals surface area contributed by atoms with Gasteiger partial charge in [-0.05, 0) is 50.2 Å². The molecule has 1 aliphatic rings. The molecule has 140 valence electrons. The number of rotatable bonds is 8. The number of sulfonamides is 1. The number of amides is 1.